The van der Waals surface area contributed by atoms with E-state index in [0.29, 0.717) is 11.1 Å². The van der Waals surface area contributed by atoms with Crippen LogP contribution in [0.2, 0.25) is 0 Å². The Morgan fingerprint density at radius 3 is 2.61 bits per heavy atom. The van der Waals surface area contributed by atoms with Crippen molar-refractivity contribution >= 4 is 16.7 Å². The second-order valence-corrected chi connectivity index (χ2v) is 5.45. The Balaban J connectivity index is 2.00. The van der Waals surface area contributed by atoms with Crippen LogP contribution in [0.15, 0.2) is 45.6 Å². The lowest BCUT2D eigenvalue weighted by atomic mass is 10.0. The van der Waals surface area contributed by atoms with Gasteiger partial charge >= 0.3 is 5.63 Å². The molecular formula is C18H15F2NO2. The average molecular weight is 315 g/mol. The molecule has 3 nitrogen and oxygen atoms in total. The first-order valence-electron chi connectivity index (χ1n) is 7.17. The van der Waals surface area contributed by atoms with Crippen molar-refractivity contribution in [3.05, 3.63) is 75.1 Å². The van der Waals surface area contributed by atoms with E-state index in [1.54, 1.807) is 0 Å². The first kappa shape index (κ1) is 15.2. The van der Waals surface area contributed by atoms with Crippen LogP contribution in [-0.4, -0.2) is 0 Å². The number of anilines is 1. The molecule has 1 aromatic heterocycles. The van der Waals surface area contributed by atoms with Crippen LogP contribution >= 0.6 is 0 Å². The van der Waals surface area contributed by atoms with Crippen molar-refractivity contribution in [3.8, 4) is 0 Å². The van der Waals surface area contributed by atoms with Crippen LogP contribution in [0.3, 0.4) is 0 Å². The van der Waals surface area contributed by atoms with Gasteiger partial charge in [0.2, 0.25) is 0 Å². The summed E-state index contributed by atoms with van der Waals surface area (Å²) >= 11 is 0. The SMILES string of the molecule is Cc1ccc2c(CNc3ccc(F)cc3F)cc(=O)oc2c1C. The summed E-state index contributed by atoms with van der Waals surface area (Å²) in [6, 6.07) is 8.52. The summed E-state index contributed by atoms with van der Waals surface area (Å²) in [4.78, 5) is 11.8. The smallest absolute Gasteiger partial charge is 0.336 e. The summed E-state index contributed by atoms with van der Waals surface area (Å²) in [6.45, 7) is 4.05. The van der Waals surface area contributed by atoms with Crippen LogP contribution in [0, 0.1) is 25.5 Å². The van der Waals surface area contributed by atoms with Gasteiger partial charge in [-0.1, -0.05) is 12.1 Å². The third-order valence-electron chi connectivity index (χ3n) is 3.92. The lowest BCUT2D eigenvalue weighted by Crippen LogP contribution is -2.07. The summed E-state index contributed by atoms with van der Waals surface area (Å²) in [5, 5.41) is 3.68. The Bertz CT molecular complexity index is 948. The van der Waals surface area contributed by atoms with Gasteiger partial charge < -0.3 is 9.73 Å². The third kappa shape index (κ3) is 2.95. The topological polar surface area (TPSA) is 42.2 Å². The zero-order valence-electron chi connectivity index (χ0n) is 12.7. The van der Waals surface area contributed by atoms with Gasteiger partial charge in [-0.15, -0.1) is 0 Å². The van der Waals surface area contributed by atoms with E-state index >= 15 is 0 Å². The molecule has 0 aliphatic heterocycles. The Morgan fingerprint density at radius 2 is 1.87 bits per heavy atom. The quantitative estimate of drug-likeness (QED) is 0.733. The van der Waals surface area contributed by atoms with Crippen molar-refractivity contribution in [1.82, 2.24) is 0 Å². The number of rotatable bonds is 3. The zero-order chi connectivity index (χ0) is 16.6. The molecule has 118 valence electrons. The summed E-state index contributed by atoms with van der Waals surface area (Å²) in [5.41, 5.74) is 2.88. The van der Waals surface area contributed by atoms with E-state index in [9.17, 15) is 13.6 Å². The highest BCUT2D eigenvalue weighted by atomic mass is 19.1. The van der Waals surface area contributed by atoms with Gasteiger partial charge in [-0.05, 0) is 42.7 Å². The number of nitrogens with one attached hydrogen (secondary N) is 1. The van der Waals surface area contributed by atoms with Crippen LogP contribution < -0.4 is 10.9 Å². The van der Waals surface area contributed by atoms with Crippen LogP contribution in [0.4, 0.5) is 14.5 Å². The minimum Gasteiger partial charge on any atom is -0.422 e. The maximum absolute atomic E-state index is 13.7. The molecule has 23 heavy (non-hydrogen) atoms. The van der Waals surface area contributed by atoms with Crippen molar-refractivity contribution in [3.63, 3.8) is 0 Å². The van der Waals surface area contributed by atoms with Gasteiger partial charge in [0.25, 0.3) is 0 Å². The third-order valence-corrected chi connectivity index (χ3v) is 3.92. The van der Waals surface area contributed by atoms with Gasteiger partial charge in [0.05, 0.1) is 5.69 Å². The standard InChI is InChI=1S/C18H15F2NO2/c1-10-3-5-14-12(7-17(22)23-18(14)11(10)2)9-21-16-6-4-13(19)8-15(16)20/h3-8,21H,9H2,1-2H3. The highest BCUT2D eigenvalue weighted by Gasteiger charge is 2.10. The van der Waals surface area contributed by atoms with E-state index in [-0.39, 0.29) is 12.2 Å². The summed E-state index contributed by atoms with van der Waals surface area (Å²) in [5.74, 6) is -1.31. The minimum atomic E-state index is -0.677. The van der Waals surface area contributed by atoms with E-state index in [4.69, 9.17) is 4.42 Å². The molecule has 0 unspecified atom stereocenters. The molecule has 5 heteroatoms. The predicted molar refractivity (Wildman–Crippen MR) is 85.6 cm³/mol. The van der Waals surface area contributed by atoms with Crippen molar-refractivity contribution in [2.45, 2.75) is 20.4 Å². The summed E-state index contributed by atoms with van der Waals surface area (Å²) in [7, 11) is 0. The molecule has 0 spiro atoms. The lowest BCUT2D eigenvalue weighted by molar-refractivity contribution is 0.556. The van der Waals surface area contributed by atoms with Gasteiger partial charge in [-0.2, -0.15) is 0 Å². The fourth-order valence-corrected chi connectivity index (χ4v) is 2.49. The molecule has 1 heterocycles. The Morgan fingerprint density at radius 1 is 1.09 bits per heavy atom. The summed E-state index contributed by atoms with van der Waals surface area (Å²) in [6.07, 6.45) is 0. The number of benzene rings is 2. The number of fused-ring (bicyclic) bond motifs is 1. The molecule has 1 N–H and O–H groups in total. The van der Waals surface area contributed by atoms with E-state index < -0.39 is 17.3 Å². The highest BCUT2D eigenvalue weighted by Crippen LogP contribution is 2.24. The second-order valence-electron chi connectivity index (χ2n) is 5.45. The molecule has 3 rings (SSSR count). The van der Waals surface area contributed by atoms with Crippen LogP contribution in [-0.2, 0) is 6.54 Å². The van der Waals surface area contributed by atoms with Gasteiger partial charge in [0.15, 0.2) is 0 Å². The summed E-state index contributed by atoms with van der Waals surface area (Å²) < 4.78 is 31.9. The normalized spacial score (nSPS) is 11.0. The van der Waals surface area contributed by atoms with Gasteiger partial charge in [-0.3, -0.25) is 0 Å². The predicted octanol–water partition coefficient (Wildman–Crippen LogP) is 4.30. The number of hydrogen-bond donors (Lipinski definition) is 1. The van der Waals surface area contributed by atoms with Crippen molar-refractivity contribution < 1.29 is 13.2 Å². The van der Waals surface area contributed by atoms with E-state index in [2.05, 4.69) is 5.32 Å². The van der Waals surface area contributed by atoms with Crippen LogP contribution in [0.5, 0.6) is 0 Å². The molecule has 0 radical (unpaired) electrons. The molecule has 0 atom stereocenters. The molecule has 3 aromatic rings. The molecule has 0 aliphatic carbocycles. The molecule has 0 aliphatic rings. The molecule has 0 fully saturated rings. The minimum absolute atomic E-state index is 0.177. The van der Waals surface area contributed by atoms with Gasteiger partial charge in [-0.25, -0.2) is 13.6 Å². The van der Waals surface area contributed by atoms with Crippen molar-refractivity contribution in [2.24, 2.45) is 0 Å². The Kier molecular flexibility index (Phi) is 3.86. The zero-order valence-corrected chi connectivity index (χ0v) is 12.7. The van der Waals surface area contributed by atoms with E-state index in [1.165, 1.54) is 18.2 Å². The first-order chi connectivity index (χ1) is 11.0. The number of halogens is 2. The lowest BCUT2D eigenvalue weighted by Gasteiger charge is -2.11. The fraction of sp³-hybridized carbons (Fsp3) is 0.167. The largest absolute Gasteiger partial charge is 0.422 e. The average Bonchev–Trinajstić information content (AvgIpc) is 2.50. The van der Waals surface area contributed by atoms with Gasteiger partial charge in [0, 0.05) is 24.1 Å². The number of aryl methyl sites for hydroxylation is 2. The van der Waals surface area contributed by atoms with E-state index in [0.717, 1.165) is 22.6 Å². The first-order valence-corrected chi connectivity index (χ1v) is 7.17. The molecule has 0 saturated carbocycles. The Labute approximate surface area is 131 Å². The van der Waals surface area contributed by atoms with Crippen molar-refractivity contribution in [1.29, 1.82) is 0 Å². The fourth-order valence-electron chi connectivity index (χ4n) is 2.49. The molecule has 0 saturated heterocycles. The molecular weight excluding hydrogens is 300 g/mol. The van der Waals surface area contributed by atoms with Crippen LogP contribution in [0.25, 0.3) is 11.0 Å². The van der Waals surface area contributed by atoms with Crippen molar-refractivity contribution in [2.75, 3.05) is 5.32 Å². The monoisotopic (exact) mass is 315 g/mol. The molecule has 0 amide bonds. The van der Waals surface area contributed by atoms with E-state index in [1.807, 2.05) is 26.0 Å². The second kappa shape index (κ2) is 5.83. The van der Waals surface area contributed by atoms with Gasteiger partial charge in [0.1, 0.15) is 17.2 Å². The molecule has 2 aromatic carbocycles. The highest BCUT2D eigenvalue weighted by molar-refractivity contribution is 5.84. The maximum Gasteiger partial charge on any atom is 0.336 e. The maximum atomic E-state index is 13.7. The van der Waals surface area contributed by atoms with Crippen LogP contribution in [0.1, 0.15) is 16.7 Å². The number of hydrogen-bond acceptors (Lipinski definition) is 3. The Hall–Kier alpha value is -2.69. The molecule has 0 bridgehead atoms.